The molecule has 1 N–H and O–H groups in total. The zero-order chi connectivity index (χ0) is 8.67. The first-order valence-corrected chi connectivity index (χ1v) is 3.86. The molecule has 5 nitrogen and oxygen atoms in total. The van der Waals surface area contributed by atoms with E-state index in [2.05, 4.69) is 25.6 Å². The van der Waals surface area contributed by atoms with E-state index in [1.807, 2.05) is 18.2 Å². The lowest BCUT2D eigenvalue weighted by molar-refractivity contribution is 0.959. The summed E-state index contributed by atoms with van der Waals surface area (Å²) >= 11 is 0. The molecule has 0 amide bonds. The van der Waals surface area contributed by atoms with Gasteiger partial charge in [0, 0.05) is 5.39 Å². The molecule has 5 heteroatoms. The van der Waals surface area contributed by atoms with Gasteiger partial charge in [0.05, 0.1) is 6.20 Å². The summed E-state index contributed by atoms with van der Waals surface area (Å²) in [4.78, 5) is 0. The Balaban J connectivity index is 2.65. The number of nitrogens with one attached hydrogen (secondary N) is 1. The third-order valence-electron chi connectivity index (χ3n) is 1.97. The number of benzene rings is 1. The molecular formula is C8H5N5. The molecule has 2 heterocycles. The van der Waals surface area contributed by atoms with Gasteiger partial charge < -0.3 is 0 Å². The number of nitrogens with zero attached hydrogens (tertiary/aromatic N) is 4. The van der Waals surface area contributed by atoms with Gasteiger partial charge in [0.25, 0.3) is 0 Å². The third-order valence-corrected chi connectivity index (χ3v) is 1.97. The van der Waals surface area contributed by atoms with Crippen LogP contribution in [0.15, 0.2) is 24.4 Å². The Morgan fingerprint density at radius 1 is 1.00 bits per heavy atom. The van der Waals surface area contributed by atoms with Crippen molar-refractivity contribution in [1.29, 1.82) is 0 Å². The molecule has 3 rings (SSSR count). The standard InChI is InChI=1S/C8H5N5/c1-2-6-8(12-13-10-6)7-5(1)3-4-9-11-7/h1-4H,(H,10,12,13). The molecule has 0 aliphatic heterocycles. The number of rotatable bonds is 0. The quantitative estimate of drug-likeness (QED) is 0.545. The predicted octanol–water partition coefficient (Wildman–Crippen LogP) is 0.901. The van der Waals surface area contributed by atoms with Crippen LogP contribution in [-0.2, 0) is 0 Å². The van der Waals surface area contributed by atoms with Crippen molar-refractivity contribution in [3.63, 3.8) is 0 Å². The van der Waals surface area contributed by atoms with Gasteiger partial charge >= 0.3 is 0 Å². The average Bonchev–Trinajstić information content (AvgIpc) is 2.65. The van der Waals surface area contributed by atoms with Gasteiger partial charge in [0.15, 0.2) is 0 Å². The minimum atomic E-state index is 0.769. The van der Waals surface area contributed by atoms with Crippen LogP contribution in [0.1, 0.15) is 0 Å². The molecule has 0 spiro atoms. The molecule has 3 aromatic rings. The highest BCUT2D eigenvalue weighted by Crippen LogP contribution is 2.18. The first-order valence-electron chi connectivity index (χ1n) is 3.86. The lowest BCUT2D eigenvalue weighted by Crippen LogP contribution is -1.83. The van der Waals surface area contributed by atoms with Crippen molar-refractivity contribution >= 4 is 21.9 Å². The van der Waals surface area contributed by atoms with Crippen LogP contribution in [0.3, 0.4) is 0 Å². The molecule has 0 bridgehead atoms. The minimum Gasteiger partial charge on any atom is -0.197 e. The Bertz CT molecular complexity index is 571. The summed E-state index contributed by atoms with van der Waals surface area (Å²) in [5.74, 6) is 0. The first kappa shape index (κ1) is 6.47. The zero-order valence-corrected chi connectivity index (χ0v) is 6.60. The number of fused-ring (bicyclic) bond motifs is 3. The largest absolute Gasteiger partial charge is 0.197 e. The van der Waals surface area contributed by atoms with Crippen molar-refractivity contribution in [2.24, 2.45) is 0 Å². The van der Waals surface area contributed by atoms with Crippen molar-refractivity contribution in [1.82, 2.24) is 25.6 Å². The number of H-pyrrole nitrogens is 1. The molecule has 0 unspecified atom stereocenters. The number of aromatic nitrogens is 5. The lowest BCUT2D eigenvalue weighted by atomic mass is 10.2. The van der Waals surface area contributed by atoms with Crippen molar-refractivity contribution in [3.8, 4) is 0 Å². The molecule has 0 radical (unpaired) electrons. The molecule has 2 aromatic heterocycles. The van der Waals surface area contributed by atoms with Crippen LogP contribution in [0.4, 0.5) is 0 Å². The van der Waals surface area contributed by atoms with Gasteiger partial charge in [-0.15, -0.1) is 5.10 Å². The number of hydrogen-bond acceptors (Lipinski definition) is 4. The van der Waals surface area contributed by atoms with Gasteiger partial charge in [-0.25, -0.2) is 0 Å². The summed E-state index contributed by atoms with van der Waals surface area (Å²) in [6.07, 6.45) is 1.66. The highest BCUT2D eigenvalue weighted by Gasteiger charge is 2.03. The molecule has 0 atom stereocenters. The molecule has 0 saturated carbocycles. The molecule has 0 fully saturated rings. The Morgan fingerprint density at radius 3 is 3.00 bits per heavy atom. The van der Waals surface area contributed by atoms with Crippen LogP contribution in [0.25, 0.3) is 21.9 Å². The fourth-order valence-electron chi connectivity index (χ4n) is 1.36. The molecular weight excluding hydrogens is 166 g/mol. The van der Waals surface area contributed by atoms with Crippen LogP contribution in [0.2, 0.25) is 0 Å². The van der Waals surface area contributed by atoms with Crippen LogP contribution < -0.4 is 0 Å². The molecule has 0 aliphatic carbocycles. The zero-order valence-electron chi connectivity index (χ0n) is 6.60. The summed E-state index contributed by atoms with van der Waals surface area (Å²) in [6, 6.07) is 5.76. The Morgan fingerprint density at radius 2 is 2.00 bits per heavy atom. The molecule has 13 heavy (non-hydrogen) atoms. The van der Waals surface area contributed by atoms with Gasteiger partial charge in [-0.3, -0.25) is 0 Å². The summed E-state index contributed by atoms with van der Waals surface area (Å²) in [5, 5.41) is 19.4. The highest BCUT2D eigenvalue weighted by atomic mass is 15.3. The lowest BCUT2D eigenvalue weighted by Gasteiger charge is -1.93. The molecule has 1 aromatic carbocycles. The van der Waals surface area contributed by atoms with Crippen molar-refractivity contribution < 1.29 is 0 Å². The highest BCUT2D eigenvalue weighted by molar-refractivity contribution is 6.00. The van der Waals surface area contributed by atoms with Crippen molar-refractivity contribution in [2.75, 3.05) is 0 Å². The van der Waals surface area contributed by atoms with Crippen LogP contribution in [-0.4, -0.2) is 25.6 Å². The fraction of sp³-hybridized carbons (Fsp3) is 0. The summed E-state index contributed by atoms with van der Waals surface area (Å²) < 4.78 is 0. The van der Waals surface area contributed by atoms with E-state index in [-0.39, 0.29) is 0 Å². The second-order valence-corrected chi connectivity index (χ2v) is 2.73. The van der Waals surface area contributed by atoms with Crippen LogP contribution in [0, 0.1) is 0 Å². The maximum atomic E-state index is 4.01. The summed E-state index contributed by atoms with van der Waals surface area (Å²) in [5.41, 5.74) is 2.37. The van der Waals surface area contributed by atoms with Crippen molar-refractivity contribution in [3.05, 3.63) is 24.4 Å². The predicted molar refractivity (Wildman–Crippen MR) is 47.0 cm³/mol. The monoisotopic (exact) mass is 171 g/mol. The minimum absolute atomic E-state index is 0.769. The topological polar surface area (TPSA) is 67.3 Å². The van der Waals surface area contributed by atoms with E-state index < -0.39 is 0 Å². The molecule has 62 valence electrons. The van der Waals surface area contributed by atoms with E-state index in [9.17, 15) is 0 Å². The van der Waals surface area contributed by atoms with Crippen molar-refractivity contribution in [2.45, 2.75) is 0 Å². The number of aromatic amines is 1. The second-order valence-electron chi connectivity index (χ2n) is 2.73. The SMILES string of the molecule is c1cc2ccc3n[nH]nc3c2nn1. The van der Waals surface area contributed by atoms with Gasteiger partial charge in [-0.05, 0) is 12.1 Å². The van der Waals surface area contributed by atoms with Gasteiger partial charge in [-0.2, -0.15) is 20.5 Å². The van der Waals surface area contributed by atoms with Gasteiger partial charge in [0.2, 0.25) is 0 Å². The van der Waals surface area contributed by atoms with E-state index >= 15 is 0 Å². The van der Waals surface area contributed by atoms with E-state index in [1.54, 1.807) is 6.20 Å². The first-order chi connectivity index (χ1) is 6.45. The van der Waals surface area contributed by atoms with E-state index in [0.717, 1.165) is 21.9 Å². The summed E-state index contributed by atoms with van der Waals surface area (Å²) in [6.45, 7) is 0. The van der Waals surface area contributed by atoms with Gasteiger partial charge in [-0.1, -0.05) is 6.07 Å². The maximum absolute atomic E-state index is 4.01. The van der Waals surface area contributed by atoms with E-state index in [0.29, 0.717) is 0 Å². The maximum Gasteiger partial charge on any atom is 0.141 e. The van der Waals surface area contributed by atoms with Crippen LogP contribution in [0.5, 0.6) is 0 Å². The molecule has 0 aliphatic rings. The summed E-state index contributed by atoms with van der Waals surface area (Å²) in [7, 11) is 0. The van der Waals surface area contributed by atoms with E-state index in [1.165, 1.54) is 0 Å². The van der Waals surface area contributed by atoms with Crippen LogP contribution >= 0.6 is 0 Å². The van der Waals surface area contributed by atoms with Gasteiger partial charge in [0.1, 0.15) is 16.6 Å². The second kappa shape index (κ2) is 2.22. The Kier molecular flexibility index (Phi) is 1.11. The fourth-order valence-corrected chi connectivity index (χ4v) is 1.36. The Labute approximate surface area is 72.8 Å². The Hall–Kier alpha value is -2.04. The van der Waals surface area contributed by atoms with E-state index in [4.69, 9.17) is 0 Å². The normalized spacial score (nSPS) is 11.1. The third kappa shape index (κ3) is 0.807. The molecule has 0 saturated heterocycles. The smallest absolute Gasteiger partial charge is 0.141 e. The number of hydrogen-bond donors (Lipinski definition) is 1. The average molecular weight is 171 g/mol.